The second kappa shape index (κ2) is 7.31. The van der Waals surface area contributed by atoms with Crippen LogP contribution in [0.2, 0.25) is 5.02 Å². The zero-order valence-electron chi connectivity index (χ0n) is 14.6. The summed E-state index contributed by atoms with van der Waals surface area (Å²) in [5, 5.41) is 0.346. The summed E-state index contributed by atoms with van der Waals surface area (Å²) >= 11 is 6.20. The summed E-state index contributed by atoms with van der Waals surface area (Å²) in [5.74, 6) is 1.06. The fraction of sp³-hybridized carbons (Fsp3) is 0.368. The summed E-state index contributed by atoms with van der Waals surface area (Å²) in [6, 6.07) is 7.62. The number of methoxy groups -OCH3 is 1. The average Bonchev–Trinajstić information content (AvgIpc) is 2.61. The molecule has 5 nitrogen and oxygen atoms in total. The maximum absolute atomic E-state index is 12.8. The molecule has 0 atom stereocenters. The number of aromatic nitrogens is 1. The van der Waals surface area contributed by atoms with Crippen molar-refractivity contribution in [1.29, 1.82) is 0 Å². The van der Waals surface area contributed by atoms with Crippen LogP contribution in [-0.2, 0) is 13.0 Å². The molecule has 1 aliphatic heterocycles. The zero-order chi connectivity index (χ0) is 18.0. The third kappa shape index (κ3) is 3.87. The fourth-order valence-corrected chi connectivity index (χ4v) is 3.08. The monoisotopic (exact) mass is 360 g/mol. The molecule has 0 spiro atoms. The van der Waals surface area contributed by atoms with E-state index >= 15 is 0 Å². The van der Waals surface area contributed by atoms with Gasteiger partial charge >= 0.3 is 0 Å². The van der Waals surface area contributed by atoms with E-state index in [0.29, 0.717) is 29.6 Å². The summed E-state index contributed by atoms with van der Waals surface area (Å²) < 4.78 is 10.8. The van der Waals surface area contributed by atoms with E-state index in [9.17, 15) is 4.79 Å². The van der Waals surface area contributed by atoms with E-state index in [2.05, 4.69) is 11.1 Å². The highest BCUT2D eigenvalue weighted by Crippen LogP contribution is 2.27. The number of rotatable bonds is 4. The number of carbonyl (C=O) groups excluding carboxylic acids is 1. The number of nitrogens with zero attached hydrogens (tertiary/aromatic N) is 2. The molecule has 6 heteroatoms. The van der Waals surface area contributed by atoms with Crippen LogP contribution >= 0.6 is 11.6 Å². The average molecular weight is 361 g/mol. The summed E-state index contributed by atoms with van der Waals surface area (Å²) in [4.78, 5) is 18.8. The number of amides is 1. The van der Waals surface area contributed by atoms with Crippen LogP contribution in [0, 0.1) is 0 Å². The Morgan fingerprint density at radius 1 is 1.28 bits per heavy atom. The Morgan fingerprint density at radius 2 is 2.08 bits per heavy atom. The first kappa shape index (κ1) is 17.5. The molecule has 1 aromatic carbocycles. The quantitative estimate of drug-likeness (QED) is 0.833. The normalized spacial score (nSPS) is 13.6. The van der Waals surface area contributed by atoms with Gasteiger partial charge in [-0.05, 0) is 49.6 Å². The molecule has 1 amide bonds. The van der Waals surface area contributed by atoms with E-state index in [1.165, 1.54) is 11.8 Å². The molecular weight excluding hydrogens is 340 g/mol. The first-order valence-electron chi connectivity index (χ1n) is 8.25. The molecule has 0 unspecified atom stereocenters. The Labute approximate surface area is 152 Å². The number of carbonyl (C=O) groups is 1. The van der Waals surface area contributed by atoms with Gasteiger partial charge in [0.25, 0.3) is 5.91 Å². The third-order valence-electron chi connectivity index (χ3n) is 4.11. The maximum atomic E-state index is 12.8. The van der Waals surface area contributed by atoms with Crippen molar-refractivity contribution in [2.24, 2.45) is 0 Å². The Morgan fingerprint density at radius 3 is 2.76 bits per heavy atom. The van der Waals surface area contributed by atoms with Gasteiger partial charge in [-0.2, -0.15) is 0 Å². The maximum Gasteiger partial charge on any atom is 0.255 e. The number of ether oxygens (including phenoxy) is 2. The molecule has 2 aromatic rings. The van der Waals surface area contributed by atoms with Crippen molar-refractivity contribution in [2.75, 3.05) is 13.7 Å². The molecule has 0 N–H and O–H groups in total. The molecule has 0 radical (unpaired) electrons. The largest absolute Gasteiger partial charge is 0.497 e. The van der Waals surface area contributed by atoms with Gasteiger partial charge in [0.05, 0.1) is 18.8 Å². The minimum absolute atomic E-state index is 0.0277. The SMILES string of the molecule is COc1ccc2c(c1)CN(C(=O)c1cnc(OC(C)C)c(Cl)c1)CC2. The number of hydrogen-bond acceptors (Lipinski definition) is 4. The standard InChI is InChI=1S/C19H21ClN2O3/c1-12(2)25-18-17(20)9-14(10-21-18)19(23)22-7-6-13-4-5-16(24-3)8-15(13)11-22/h4-5,8-10,12H,6-7,11H2,1-3H3. The van der Waals surface area contributed by atoms with Gasteiger partial charge < -0.3 is 14.4 Å². The lowest BCUT2D eigenvalue weighted by atomic mass is 9.99. The highest BCUT2D eigenvalue weighted by atomic mass is 35.5. The van der Waals surface area contributed by atoms with E-state index in [0.717, 1.165) is 17.7 Å². The van der Waals surface area contributed by atoms with Crippen LogP contribution in [0.25, 0.3) is 0 Å². The Bertz CT molecular complexity index is 792. The van der Waals surface area contributed by atoms with Gasteiger partial charge in [-0.25, -0.2) is 4.98 Å². The van der Waals surface area contributed by atoms with E-state index in [4.69, 9.17) is 21.1 Å². The predicted molar refractivity (Wildman–Crippen MR) is 96.4 cm³/mol. The number of hydrogen-bond donors (Lipinski definition) is 0. The lowest BCUT2D eigenvalue weighted by Gasteiger charge is -2.29. The molecule has 0 bridgehead atoms. The molecule has 132 valence electrons. The van der Waals surface area contributed by atoms with Crippen LogP contribution < -0.4 is 9.47 Å². The summed E-state index contributed by atoms with van der Waals surface area (Å²) in [7, 11) is 1.64. The second-order valence-corrected chi connectivity index (χ2v) is 6.70. The van der Waals surface area contributed by atoms with Gasteiger partial charge in [-0.3, -0.25) is 4.79 Å². The van der Waals surface area contributed by atoms with Crippen molar-refractivity contribution in [3.63, 3.8) is 0 Å². The Hall–Kier alpha value is -2.27. The van der Waals surface area contributed by atoms with Crippen molar-refractivity contribution in [3.05, 3.63) is 52.2 Å². The summed E-state index contributed by atoms with van der Waals surface area (Å²) in [6.45, 7) is 5.01. The van der Waals surface area contributed by atoms with Crippen molar-refractivity contribution < 1.29 is 14.3 Å². The number of benzene rings is 1. The molecule has 2 heterocycles. The molecule has 3 rings (SSSR count). The van der Waals surface area contributed by atoms with Crippen LogP contribution in [0.3, 0.4) is 0 Å². The van der Waals surface area contributed by atoms with Crippen LogP contribution in [0.5, 0.6) is 11.6 Å². The van der Waals surface area contributed by atoms with Gasteiger partial charge in [0.15, 0.2) is 0 Å². The van der Waals surface area contributed by atoms with Crippen LogP contribution in [0.1, 0.15) is 35.3 Å². The molecular formula is C19H21ClN2O3. The minimum atomic E-state index is -0.0843. The second-order valence-electron chi connectivity index (χ2n) is 6.29. The topological polar surface area (TPSA) is 51.7 Å². The Kier molecular flexibility index (Phi) is 5.13. The molecule has 0 aliphatic carbocycles. The van der Waals surface area contributed by atoms with E-state index < -0.39 is 0 Å². The first-order valence-corrected chi connectivity index (χ1v) is 8.63. The summed E-state index contributed by atoms with van der Waals surface area (Å²) in [5.41, 5.74) is 2.83. The van der Waals surface area contributed by atoms with E-state index in [1.54, 1.807) is 18.1 Å². The number of pyridine rings is 1. The van der Waals surface area contributed by atoms with Gasteiger partial charge in [0.2, 0.25) is 5.88 Å². The predicted octanol–water partition coefficient (Wildman–Crippen LogP) is 3.73. The fourth-order valence-electron chi connectivity index (χ4n) is 2.87. The van der Waals surface area contributed by atoms with Gasteiger partial charge in [0.1, 0.15) is 10.8 Å². The van der Waals surface area contributed by atoms with Gasteiger partial charge in [0, 0.05) is 19.3 Å². The van der Waals surface area contributed by atoms with Crippen LogP contribution in [0.4, 0.5) is 0 Å². The van der Waals surface area contributed by atoms with E-state index in [1.807, 2.05) is 26.0 Å². The molecule has 1 aromatic heterocycles. The lowest BCUT2D eigenvalue weighted by Crippen LogP contribution is -2.36. The van der Waals surface area contributed by atoms with Crippen molar-refractivity contribution in [3.8, 4) is 11.6 Å². The van der Waals surface area contributed by atoms with Crippen LogP contribution in [0.15, 0.2) is 30.5 Å². The van der Waals surface area contributed by atoms with Crippen molar-refractivity contribution >= 4 is 17.5 Å². The molecule has 0 fully saturated rings. The molecule has 25 heavy (non-hydrogen) atoms. The molecule has 0 saturated carbocycles. The number of halogens is 1. The first-order chi connectivity index (χ1) is 12.0. The highest BCUT2D eigenvalue weighted by Gasteiger charge is 2.23. The van der Waals surface area contributed by atoms with Crippen molar-refractivity contribution in [1.82, 2.24) is 9.88 Å². The van der Waals surface area contributed by atoms with Crippen LogP contribution in [-0.4, -0.2) is 35.5 Å². The summed E-state index contributed by atoms with van der Waals surface area (Å²) in [6.07, 6.45) is 2.31. The van der Waals surface area contributed by atoms with E-state index in [-0.39, 0.29) is 12.0 Å². The lowest BCUT2D eigenvalue weighted by molar-refractivity contribution is 0.0734. The zero-order valence-corrected chi connectivity index (χ0v) is 15.3. The van der Waals surface area contributed by atoms with Crippen molar-refractivity contribution in [2.45, 2.75) is 32.9 Å². The smallest absolute Gasteiger partial charge is 0.255 e. The Balaban J connectivity index is 1.78. The highest BCUT2D eigenvalue weighted by molar-refractivity contribution is 6.32. The minimum Gasteiger partial charge on any atom is -0.497 e. The number of fused-ring (bicyclic) bond motifs is 1. The third-order valence-corrected chi connectivity index (χ3v) is 4.39. The molecule has 0 saturated heterocycles. The molecule has 1 aliphatic rings. The van der Waals surface area contributed by atoms with Gasteiger partial charge in [-0.1, -0.05) is 17.7 Å². The van der Waals surface area contributed by atoms with Gasteiger partial charge in [-0.15, -0.1) is 0 Å².